The zero-order valence-electron chi connectivity index (χ0n) is 11.6. The van der Waals surface area contributed by atoms with Gasteiger partial charge < -0.3 is 11.1 Å². The number of halogens is 4. The van der Waals surface area contributed by atoms with E-state index in [9.17, 15) is 17.6 Å². The highest BCUT2D eigenvalue weighted by atomic mass is 19.4. The molecule has 1 rings (SSSR count). The number of amidine groups is 1. The molecule has 0 radical (unpaired) electrons. The van der Waals surface area contributed by atoms with Gasteiger partial charge in [-0.3, -0.25) is 0 Å². The van der Waals surface area contributed by atoms with Gasteiger partial charge in [0.05, 0.1) is 0 Å². The van der Waals surface area contributed by atoms with E-state index in [2.05, 4.69) is 16.9 Å². The molecule has 0 aliphatic rings. The van der Waals surface area contributed by atoms with E-state index in [4.69, 9.17) is 5.73 Å². The number of hydrogen-bond acceptors (Lipinski definition) is 2. The summed E-state index contributed by atoms with van der Waals surface area (Å²) in [5, 5.41) is 2.57. The zero-order valence-corrected chi connectivity index (χ0v) is 11.6. The van der Waals surface area contributed by atoms with Crippen LogP contribution in [0.15, 0.2) is 47.2 Å². The van der Waals surface area contributed by atoms with Gasteiger partial charge in [-0.05, 0) is 37.6 Å². The maximum Gasteiger partial charge on any atom is 0.412 e. The van der Waals surface area contributed by atoms with E-state index in [-0.39, 0.29) is 17.3 Å². The lowest BCUT2D eigenvalue weighted by molar-refractivity contribution is -0.0912. The van der Waals surface area contributed by atoms with Crippen LogP contribution in [0.1, 0.15) is 12.5 Å². The first-order chi connectivity index (χ1) is 9.59. The van der Waals surface area contributed by atoms with Gasteiger partial charge in [-0.2, -0.15) is 13.2 Å². The second kappa shape index (κ2) is 6.43. The molecule has 0 aromatic heterocycles. The summed E-state index contributed by atoms with van der Waals surface area (Å²) in [7, 11) is 0. The van der Waals surface area contributed by atoms with Gasteiger partial charge in [-0.25, -0.2) is 9.38 Å². The number of nitrogens with one attached hydrogen (secondary N) is 1. The van der Waals surface area contributed by atoms with Crippen molar-refractivity contribution < 1.29 is 17.6 Å². The number of benzene rings is 1. The minimum absolute atomic E-state index is 0.170. The van der Waals surface area contributed by atoms with Gasteiger partial charge in [0.1, 0.15) is 17.5 Å². The summed E-state index contributed by atoms with van der Waals surface area (Å²) in [4.78, 5) is 3.67. The molecule has 0 aliphatic heterocycles. The highest BCUT2D eigenvalue weighted by Gasteiger charge is 2.30. The number of alkyl halides is 3. The van der Waals surface area contributed by atoms with Crippen LogP contribution in [0.5, 0.6) is 0 Å². The standard InChI is InChI=1S/C14H15F4N3/c1-8-4-5-11(7-12(8)15)21-13(20-10(3)19)6-9(2)14(16,17)18/h4-7H,3,19H2,1-2H3,(H,20,21)/b9-6+. The van der Waals surface area contributed by atoms with Crippen LogP contribution in [0.3, 0.4) is 0 Å². The van der Waals surface area contributed by atoms with Gasteiger partial charge in [-0.1, -0.05) is 12.6 Å². The van der Waals surface area contributed by atoms with Crippen molar-refractivity contribution in [1.82, 2.24) is 0 Å². The Morgan fingerprint density at radius 3 is 2.48 bits per heavy atom. The summed E-state index contributed by atoms with van der Waals surface area (Å²) in [6, 6.07) is 4.16. The maximum absolute atomic E-state index is 13.4. The topological polar surface area (TPSA) is 50.4 Å². The third kappa shape index (κ3) is 5.29. The molecule has 3 N–H and O–H groups in total. The van der Waals surface area contributed by atoms with Crippen molar-refractivity contribution in [1.29, 1.82) is 0 Å². The van der Waals surface area contributed by atoms with Crippen molar-refractivity contribution >= 4 is 11.5 Å². The normalized spacial score (nSPS) is 13.2. The number of aliphatic imine (C=N–C) groups is 1. The number of hydrogen-bond donors (Lipinski definition) is 2. The van der Waals surface area contributed by atoms with Gasteiger partial charge in [0.15, 0.2) is 0 Å². The van der Waals surface area contributed by atoms with Crippen LogP contribution < -0.4 is 11.1 Å². The zero-order chi connectivity index (χ0) is 16.2. The summed E-state index contributed by atoms with van der Waals surface area (Å²) in [6.45, 7) is 5.77. The van der Waals surface area contributed by atoms with Crippen LogP contribution >= 0.6 is 0 Å². The molecule has 1 aromatic rings. The summed E-state index contributed by atoms with van der Waals surface area (Å²) in [6.07, 6.45) is -3.72. The van der Waals surface area contributed by atoms with Crippen LogP contribution in [0.2, 0.25) is 0 Å². The van der Waals surface area contributed by atoms with Gasteiger partial charge in [-0.15, -0.1) is 0 Å². The molecular weight excluding hydrogens is 286 g/mol. The van der Waals surface area contributed by atoms with Gasteiger partial charge in [0, 0.05) is 11.3 Å². The lowest BCUT2D eigenvalue weighted by Gasteiger charge is -2.11. The van der Waals surface area contributed by atoms with E-state index >= 15 is 0 Å². The number of anilines is 1. The fourth-order valence-electron chi connectivity index (χ4n) is 1.36. The van der Waals surface area contributed by atoms with Crippen LogP contribution in [-0.4, -0.2) is 12.0 Å². The largest absolute Gasteiger partial charge is 0.412 e. The number of nitrogens with zero attached hydrogens (tertiary/aromatic N) is 1. The summed E-state index contributed by atoms with van der Waals surface area (Å²) >= 11 is 0. The molecule has 21 heavy (non-hydrogen) atoms. The second-order valence-corrected chi connectivity index (χ2v) is 4.40. The molecule has 0 bridgehead atoms. The molecule has 0 saturated heterocycles. The molecule has 1 aromatic carbocycles. The van der Waals surface area contributed by atoms with Gasteiger partial charge in [0.25, 0.3) is 0 Å². The molecule has 114 valence electrons. The van der Waals surface area contributed by atoms with Crippen LogP contribution in [0, 0.1) is 12.7 Å². The number of nitrogens with two attached hydrogens (primary N) is 1. The van der Waals surface area contributed by atoms with Crippen molar-refractivity contribution in [2.75, 3.05) is 5.32 Å². The lowest BCUT2D eigenvalue weighted by atomic mass is 10.2. The molecule has 7 heteroatoms. The molecule has 0 amide bonds. The molecule has 3 nitrogen and oxygen atoms in total. The summed E-state index contributed by atoms with van der Waals surface area (Å²) in [5.74, 6) is -0.834. The van der Waals surface area contributed by atoms with Crippen molar-refractivity contribution in [3.05, 3.63) is 53.6 Å². The maximum atomic E-state index is 13.4. The highest BCUT2D eigenvalue weighted by molar-refractivity contribution is 6.04. The quantitative estimate of drug-likeness (QED) is 0.505. The SMILES string of the molecule is C=C(N)/N=C(\C=C(/C)C(F)(F)F)Nc1ccc(C)c(F)c1. The Balaban J connectivity index is 3.11. The Bertz CT molecular complexity index is 601. The molecule has 0 saturated carbocycles. The smallest absolute Gasteiger partial charge is 0.384 e. The van der Waals surface area contributed by atoms with Crippen molar-refractivity contribution in [3.8, 4) is 0 Å². The van der Waals surface area contributed by atoms with E-state index < -0.39 is 17.6 Å². The van der Waals surface area contributed by atoms with Gasteiger partial charge >= 0.3 is 6.18 Å². The van der Waals surface area contributed by atoms with Crippen LogP contribution in [0.25, 0.3) is 0 Å². The second-order valence-electron chi connectivity index (χ2n) is 4.40. The molecule has 0 atom stereocenters. The molecule has 0 heterocycles. The Hall–Kier alpha value is -2.31. The van der Waals surface area contributed by atoms with E-state index in [1.807, 2.05) is 0 Å². The minimum atomic E-state index is -4.49. The van der Waals surface area contributed by atoms with Gasteiger partial charge in [0.2, 0.25) is 0 Å². The Kier molecular flexibility index (Phi) is 5.12. The monoisotopic (exact) mass is 301 g/mol. The van der Waals surface area contributed by atoms with Crippen LogP contribution in [-0.2, 0) is 0 Å². The number of rotatable bonds is 3. The summed E-state index contributed by atoms with van der Waals surface area (Å²) in [5.41, 5.74) is 5.08. The van der Waals surface area contributed by atoms with Crippen LogP contribution in [0.4, 0.5) is 23.2 Å². The molecule has 0 unspecified atom stereocenters. The van der Waals surface area contributed by atoms with Crippen molar-refractivity contribution in [2.45, 2.75) is 20.0 Å². The van der Waals surface area contributed by atoms with E-state index in [1.165, 1.54) is 12.1 Å². The Morgan fingerprint density at radius 1 is 1.38 bits per heavy atom. The fraction of sp³-hybridized carbons (Fsp3) is 0.214. The number of allylic oxidation sites excluding steroid dienone is 1. The molecule has 0 fully saturated rings. The predicted molar refractivity (Wildman–Crippen MR) is 75.3 cm³/mol. The average Bonchev–Trinajstić information content (AvgIpc) is 2.31. The van der Waals surface area contributed by atoms with Crippen molar-refractivity contribution in [3.63, 3.8) is 0 Å². The van der Waals surface area contributed by atoms with E-state index in [1.54, 1.807) is 6.92 Å². The molecule has 0 aliphatic carbocycles. The first-order valence-electron chi connectivity index (χ1n) is 5.91. The third-order valence-corrected chi connectivity index (χ3v) is 2.51. The van der Waals surface area contributed by atoms with E-state index in [0.717, 1.165) is 19.1 Å². The highest BCUT2D eigenvalue weighted by Crippen LogP contribution is 2.25. The number of aryl methyl sites for hydroxylation is 1. The Morgan fingerprint density at radius 2 is 2.00 bits per heavy atom. The van der Waals surface area contributed by atoms with Crippen molar-refractivity contribution in [2.24, 2.45) is 10.7 Å². The molecule has 0 spiro atoms. The molecular formula is C14H15F4N3. The lowest BCUT2D eigenvalue weighted by Crippen LogP contribution is -2.16. The average molecular weight is 301 g/mol. The van der Waals surface area contributed by atoms with E-state index in [0.29, 0.717) is 5.56 Å². The third-order valence-electron chi connectivity index (χ3n) is 2.51. The first kappa shape index (κ1) is 16.7. The predicted octanol–water partition coefficient (Wildman–Crippen LogP) is 3.88. The fourth-order valence-corrected chi connectivity index (χ4v) is 1.36. The summed E-state index contributed by atoms with van der Waals surface area (Å²) < 4.78 is 51.0. The Labute approximate surface area is 119 Å². The minimum Gasteiger partial charge on any atom is -0.384 e. The first-order valence-corrected chi connectivity index (χ1v) is 5.91.